The summed E-state index contributed by atoms with van der Waals surface area (Å²) in [5, 5.41) is 14.7. The number of hydrogen-bond donors (Lipinski definition) is 3. The Morgan fingerprint density at radius 3 is 2.42 bits per heavy atom. The molecule has 0 spiro atoms. The lowest BCUT2D eigenvalue weighted by Gasteiger charge is -2.18. The molecule has 0 fully saturated rings. The van der Waals surface area contributed by atoms with Crippen LogP contribution in [0.15, 0.2) is 16.6 Å². The number of nitrogens with one attached hydrogen (secondary N) is 2. The molecule has 5 heteroatoms. The van der Waals surface area contributed by atoms with E-state index >= 15 is 0 Å². The summed E-state index contributed by atoms with van der Waals surface area (Å²) in [4.78, 5) is 11.9. The van der Waals surface area contributed by atoms with Gasteiger partial charge in [-0.1, -0.05) is 22.9 Å². The molecule has 0 aliphatic rings. The van der Waals surface area contributed by atoms with E-state index in [0.29, 0.717) is 6.42 Å². The first-order chi connectivity index (χ1) is 8.97. The van der Waals surface area contributed by atoms with Gasteiger partial charge in [0.05, 0.1) is 0 Å². The molecule has 0 aromatic heterocycles. The number of halogens is 1. The van der Waals surface area contributed by atoms with E-state index < -0.39 is 0 Å². The van der Waals surface area contributed by atoms with Gasteiger partial charge in [0.2, 0.25) is 0 Å². The van der Waals surface area contributed by atoms with Crippen molar-refractivity contribution in [2.45, 2.75) is 39.7 Å². The molecule has 0 aliphatic heterocycles. The number of aryl methyl sites for hydroxylation is 2. The third-order valence-electron chi connectivity index (χ3n) is 3.04. The number of anilines is 1. The van der Waals surface area contributed by atoms with E-state index in [1.54, 1.807) is 0 Å². The summed E-state index contributed by atoms with van der Waals surface area (Å²) < 4.78 is 1.00. The third-order valence-corrected chi connectivity index (χ3v) is 3.50. The van der Waals surface area contributed by atoms with Crippen LogP contribution in [0.4, 0.5) is 10.5 Å². The summed E-state index contributed by atoms with van der Waals surface area (Å²) in [6.07, 6.45) is 1.37. The Morgan fingerprint density at radius 1 is 1.37 bits per heavy atom. The molecule has 0 heterocycles. The highest BCUT2D eigenvalue weighted by atomic mass is 79.9. The van der Waals surface area contributed by atoms with Crippen LogP contribution in [0, 0.1) is 13.8 Å². The van der Waals surface area contributed by atoms with Crippen LogP contribution >= 0.6 is 15.9 Å². The lowest BCUT2D eigenvalue weighted by Crippen LogP contribution is -2.38. The number of carbonyl (C=O) groups excluding carboxylic acids is 1. The average Bonchev–Trinajstić information content (AvgIpc) is 2.33. The van der Waals surface area contributed by atoms with E-state index in [2.05, 4.69) is 26.6 Å². The van der Waals surface area contributed by atoms with Crippen molar-refractivity contribution in [2.24, 2.45) is 0 Å². The molecule has 1 aromatic rings. The van der Waals surface area contributed by atoms with Gasteiger partial charge in [0.15, 0.2) is 0 Å². The van der Waals surface area contributed by atoms with Crippen molar-refractivity contribution >= 4 is 27.6 Å². The van der Waals surface area contributed by atoms with Crippen molar-refractivity contribution in [1.82, 2.24) is 5.32 Å². The van der Waals surface area contributed by atoms with Crippen LogP contribution in [0.1, 0.15) is 30.9 Å². The molecule has 1 atom stereocenters. The standard InChI is InChI=1S/C14H21BrN2O2/c1-4-12(5-6-18)16-14(19)17-13-9(2)7-11(15)8-10(13)3/h7-8,12,18H,4-6H2,1-3H3,(H2,16,17,19). The van der Waals surface area contributed by atoms with Gasteiger partial charge in [0.1, 0.15) is 0 Å². The van der Waals surface area contributed by atoms with Gasteiger partial charge in [-0.3, -0.25) is 0 Å². The predicted molar refractivity (Wildman–Crippen MR) is 81.6 cm³/mol. The summed E-state index contributed by atoms with van der Waals surface area (Å²) in [6.45, 7) is 5.97. The Kier molecular flexibility index (Phi) is 6.31. The number of benzene rings is 1. The zero-order valence-corrected chi connectivity index (χ0v) is 13.2. The number of carbonyl (C=O) groups is 1. The van der Waals surface area contributed by atoms with Crippen LogP contribution in [0.5, 0.6) is 0 Å². The third kappa shape index (κ3) is 4.84. The van der Waals surface area contributed by atoms with Crippen molar-refractivity contribution in [1.29, 1.82) is 0 Å². The Balaban J connectivity index is 2.72. The Hall–Kier alpha value is -1.07. The Morgan fingerprint density at radius 2 is 1.95 bits per heavy atom. The Labute approximate surface area is 122 Å². The van der Waals surface area contributed by atoms with Gasteiger partial charge < -0.3 is 15.7 Å². The van der Waals surface area contributed by atoms with E-state index in [-0.39, 0.29) is 18.7 Å². The van der Waals surface area contributed by atoms with Crippen molar-refractivity contribution in [3.8, 4) is 0 Å². The van der Waals surface area contributed by atoms with Crippen molar-refractivity contribution < 1.29 is 9.90 Å². The molecule has 0 saturated carbocycles. The molecule has 19 heavy (non-hydrogen) atoms. The van der Waals surface area contributed by atoms with Crippen LogP contribution < -0.4 is 10.6 Å². The molecule has 3 N–H and O–H groups in total. The van der Waals surface area contributed by atoms with Gasteiger partial charge in [0, 0.05) is 22.8 Å². The predicted octanol–water partition coefficient (Wildman–Crippen LogP) is 3.35. The SMILES string of the molecule is CCC(CCO)NC(=O)Nc1c(C)cc(Br)cc1C. The maximum Gasteiger partial charge on any atom is 0.319 e. The van der Waals surface area contributed by atoms with Gasteiger partial charge in [-0.25, -0.2) is 4.79 Å². The quantitative estimate of drug-likeness (QED) is 0.776. The van der Waals surface area contributed by atoms with Crippen molar-refractivity contribution in [3.63, 3.8) is 0 Å². The highest BCUT2D eigenvalue weighted by molar-refractivity contribution is 9.10. The summed E-state index contributed by atoms with van der Waals surface area (Å²) in [5.41, 5.74) is 2.86. The minimum Gasteiger partial charge on any atom is -0.396 e. The molecule has 2 amide bonds. The number of hydrogen-bond acceptors (Lipinski definition) is 2. The van der Waals surface area contributed by atoms with E-state index in [9.17, 15) is 4.79 Å². The summed E-state index contributed by atoms with van der Waals surface area (Å²) in [5.74, 6) is 0. The van der Waals surface area contributed by atoms with Gasteiger partial charge in [-0.15, -0.1) is 0 Å². The topological polar surface area (TPSA) is 61.4 Å². The van der Waals surface area contributed by atoms with Crippen LogP contribution in [-0.4, -0.2) is 23.8 Å². The molecular formula is C14H21BrN2O2. The zero-order valence-electron chi connectivity index (χ0n) is 11.6. The first kappa shape index (κ1) is 16.0. The minimum atomic E-state index is -0.228. The average molecular weight is 329 g/mol. The van der Waals surface area contributed by atoms with E-state index in [1.165, 1.54) is 0 Å². The monoisotopic (exact) mass is 328 g/mol. The van der Waals surface area contributed by atoms with Crippen LogP contribution in [0.25, 0.3) is 0 Å². The largest absolute Gasteiger partial charge is 0.396 e. The van der Waals surface area contributed by atoms with E-state index in [4.69, 9.17) is 5.11 Å². The lowest BCUT2D eigenvalue weighted by molar-refractivity contribution is 0.237. The number of urea groups is 1. The molecule has 1 unspecified atom stereocenters. The maximum atomic E-state index is 11.9. The van der Waals surface area contributed by atoms with Crippen LogP contribution in [-0.2, 0) is 0 Å². The second-order valence-corrected chi connectivity index (χ2v) is 5.55. The highest BCUT2D eigenvalue weighted by Crippen LogP contribution is 2.24. The second-order valence-electron chi connectivity index (χ2n) is 4.63. The molecule has 0 bridgehead atoms. The van der Waals surface area contributed by atoms with Gasteiger partial charge >= 0.3 is 6.03 Å². The van der Waals surface area contributed by atoms with Crippen LogP contribution in [0.3, 0.4) is 0 Å². The molecule has 4 nitrogen and oxygen atoms in total. The second kappa shape index (κ2) is 7.50. The maximum absolute atomic E-state index is 11.9. The molecular weight excluding hydrogens is 308 g/mol. The highest BCUT2D eigenvalue weighted by Gasteiger charge is 2.12. The van der Waals surface area contributed by atoms with Crippen molar-refractivity contribution in [3.05, 3.63) is 27.7 Å². The first-order valence-corrected chi connectivity index (χ1v) is 7.22. The molecule has 1 aromatic carbocycles. The van der Waals surface area contributed by atoms with Gasteiger partial charge in [-0.2, -0.15) is 0 Å². The van der Waals surface area contributed by atoms with Gasteiger partial charge in [0.25, 0.3) is 0 Å². The zero-order chi connectivity index (χ0) is 14.4. The fourth-order valence-electron chi connectivity index (χ4n) is 1.98. The lowest BCUT2D eigenvalue weighted by atomic mass is 10.1. The number of aliphatic hydroxyl groups is 1. The van der Waals surface area contributed by atoms with E-state index in [0.717, 1.165) is 27.7 Å². The Bertz CT molecular complexity index is 426. The minimum absolute atomic E-state index is 0.000982. The summed E-state index contributed by atoms with van der Waals surface area (Å²) in [6, 6.07) is 3.70. The first-order valence-electron chi connectivity index (χ1n) is 6.43. The van der Waals surface area contributed by atoms with Crippen molar-refractivity contribution in [2.75, 3.05) is 11.9 Å². The molecule has 0 aliphatic carbocycles. The van der Waals surface area contributed by atoms with E-state index in [1.807, 2.05) is 32.9 Å². The molecule has 0 radical (unpaired) electrons. The normalized spacial score (nSPS) is 12.1. The summed E-state index contributed by atoms with van der Waals surface area (Å²) in [7, 11) is 0. The molecule has 0 saturated heterocycles. The fourth-order valence-corrected chi connectivity index (χ4v) is 2.66. The van der Waals surface area contributed by atoms with Gasteiger partial charge in [-0.05, 0) is 49.9 Å². The number of rotatable bonds is 5. The number of aliphatic hydroxyl groups excluding tert-OH is 1. The smallest absolute Gasteiger partial charge is 0.319 e. The summed E-state index contributed by atoms with van der Waals surface area (Å²) >= 11 is 3.43. The molecule has 1 rings (SSSR count). The fraction of sp³-hybridized carbons (Fsp3) is 0.500. The number of amides is 2. The molecule has 106 valence electrons. The van der Waals surface area contributed by atoms with Crippen LogP contribution in [0.2, 0.25) is 0 Å².